The van der Waals surface area contributed by atoms with Gasteiger partial charge in [-0.1, -0.05) is 53.2 Å². The van der Waals surface area contributed by atoms with Crippen molar-refractivity contribution < 1.29 is 9.32 Å². The Morgan fingerprint density at radius 2 is 1.86 bits per heavy atom. The van der Waals surface area contributed by atoms with Crippen LogP contribution in [0.25, 0.3) is 22.4 Å². The quantitative estimate of drug-likeness (QED) is 0.483. The minimum absolute atomic E-state index is 0.0378. The second-order valence-corrected chi connectivity index (χ2v) is 7.56. The maximum absolute atomic E-state index is 13.7. The molecule has 0 unspecified atom stereocenters. The lowest BCUT2D eigenvalue weighted by Crippen LogP contribution is -2.35. The number of hydrogen-bond donors (Lipinski definition) is 0. The summed E-state index contributed by atoms with van der Waals surface area (Å²) in [5.41, 5.74) is 6.68. The van der Waals surface area contributed by atoms with E-state index in [1.54, 1.807) is 0 Å². The summed E-state index contributed by atoms with van der Waals surface area (Å²) in [6.07, 6.45) is 1.94. The van der Waals surface area contributed by atoms with Gasteiger partial charge in [-0.3, -0.25) is 4.79 Å². The van der Waals surface area contributed by atoms with E-state index in [-0.39, 0.29) is 5.91 Å². The number of pyridine rings is 1. The van der Waals surface area contributed by atoms with E-state index in [0.29, 0.717) is 34.6 Å². The van der Waals surface area contributed by atoms with E-state index in [1.807, 2.05) is 67.3 Å². The van der Waals surface area contributed by atoms with E-state index >= 15 is 0 Å². The van der Waals surface area contributed by atoms with Crippen LogP contribution < -0.4 is 4.90 Å². The molecule has 5 heteroatoms. The van der Waals surface area contributed by atoms with Gasteiger partial charge in [-0.15, -0.1) is 0 Å². The third-order valence-corrected chi connectivity index (χ3v) is 5.55. The van der Waals surface area contributed by atoms with Crippen molar-refractivity contribution in [1.29, 1.82) is 0 Å². The van der Waals surface area contributed by atoms with Gasteiger partial charge in [0.1, 0.15) is 0 Å². The number of amides is 1. The number of rotatable bonds is 2. The first-order valence-electron chi connectivity index (χ1n) is 9.85. The van der Waals surface area contributed by atoms with Gasteiger partial charge in [0.05, 0.1) is 22.3 Å². The molecule has 0 atom stereocenters. The van der Waals surface area contributed by atoms with Gasteiger partial charge >= 0.3 is 0 Å². The number of aromatic nitrogens is 2. The number of hydrogen-bond acceptors (Lipinski definition) is 4. The Balaban J connectivity index is 1.67. The predicted molar refractivity (Wildman–Crippen MR) is 113 cm³/mol. The fourth-order valence-electron chi connectivity index (χ4n) is 4.03. The Bertz CT molecular complexity index is 1220. The normalized spacial score (nSPS) is 13.5. The second-order valence-electron chi connectivity index (χ2n) is 7.56. The maximum Gasteiger partial charge on any atom is 0.259 e. The van der Waals surface area contributed by atoms with Crippen LogP contribution in [0.4, 0.5) is 5.69 Å². The predicted octanol–water partition coefficient (Wildman–Crippen LogP) is 5.10. The number of carbonyl (C=O) groups is 1. The first-order valence-corrected chi connectivity index (χ1v) is 9.85. The smallest absolute Gasteiger partial charge is 0.259 e. The highest BCUT2D eigenvalue weighted by atomic mass is 16.5. The van der Waals surface area contributed by atoms with E-state index in [9.17, 15) is 4.79 Å². The molecule has 0 saturated carbocycles. The standard InChI is InChI=1S/C24H21N3O2/c1-15-9-11-17(12-10-15)20-14-19(22-16(2)26-29-23(22)25-20)24(28)27-13-5-7-18-6-3-4-8-21(18)27/h3-4,6,8-12,14H,5,7,13H2,1-2H3. The molecule has 144 valence electrons. The van der Waals surface area contributed by atoms with Gasteiger partial charge < -0.3 is 9.42 Å². The lowest BCUT2D eigenvalue weighted by molar-refractivity contribution is 0.0986. The molecular weight excluding hydrogens is 362 g/mol. The zero-order chi connectivity index (χ0) is 20.0. The number of benzene rings is 2. The minimum Gasteiger partial charge on any atom is -0.335 e. The Kier molecular flexibility index (Phi) is 4.16. The van der Waals surface area contributed by atoms with Crippen LogP contribution in [0.5, 0.6) is 0 Å². The van der Waals surface area contributed by atoms with Crippen LogP contribution in [-0.2, 0) is 6.42 Å². The first kappa shape index (κ1) is 17.6. The molecule has 5 rings (SSSR count). The summed E-state index contributed by atoms with van der Waals surface area (Å²) in [7, 11) is 0. The molecule has 1 aliphatic rings. The van der Waals surface area contributed by atoms with Gasteiger partial charge in [0.25, 0.3) is 11.6 Å². The number of nitrogens with zero attached hydrogens (tertiary/aromatic N) is 3. The summed E-state index contributed by atoms with van der Waals surface area (Å²) in [6.45, 7) is 4.59. The molecule has 29 heavy (non-hydrogen) atoms. The number of aryl methyl sites for hydroxylation is 3. The van der Waals surface area contributed by atoms with Crippen LogP contribution in [0, 0.1) is 13.8 Å². The van der Waals surface area contributed by atoms with Crippen LogP contribution in [0.1, 0.15) is 33.6 Å². The molecule has 0 N–H and O–H groups in total. The fraction of sp³-hybridized carbons (Fsp3) is 0.208. The average molecular weight is 383 g/mol. The summed E-state index contributed by atoms with van der Waals surface area (Å²) in [5.74, 6) is -0.0378. The second kappa shape index (κ2) is 6.85. The van der Waals surface area contributed by atoms with E-state index < -0.39 is 0 Å². The zero-order valence-electron chi connectivity index (χ0n) is 16.5. The number of para-hydroxylation sites is 1. The Hall–Kier alpha value is -3.47. The van der Waals surface area contributed by atoms with Gasteiger partial charge in [-0.2, -0.15) is 0 Å². The molecule has 1 aliphatic heterocycles. The highest BCUT2D eigenvalue weighted by Crippen LogP contribution is 2.32. The third kappa shape index (κ3) is 2.99. The summed E-state index contributed by atoms with van der Waals surface area (Å²) < 4.78 is 5.45. The van der Waals surface area contributed by atoms with Crippen molar-refractivity contribution >= 4 is 22.7 Å². The highest BCUT2D eigenvalue weighted by Gasteiger charge is 2.27. The maximum atomic E-state index is 13.7. The van der Waals surface area contributed by atoms with Crippen molar-refractivity contribution in [2.75, 3.05) is 11.4 Å². The summed E-state index contributed by atoms with van der Waals surface area (Å²) in [5, 5.41) is 4.76. The number of fused-ring (bicyclic) bond motifs is 2. The SMILES string of the molecule is Cc1ccc(-c2cc(C(=O)N3CCCc4ccccc43)c3c(C)noc3n2)cc1. The molecule has 0 bridgehead atoms. The van der Waals surface area contributed by atoms with E-state index in [2.05, 4.69) is 16.2 Å². The van der Waals surface area contributed by atoms with Crippen molar-refractivity contribution in [2.45, 2.75) is 26.7 Å². The molecule has 2 aromatic carbocycles. The van der Waals surface area contributed by atoms with Crippen molar-refractivity contribution in [2.24, 2.45) is 0 Å². The summed E-state index contributed by atoms with van der Waals surface area (Å²) in [6, 6.07) is 18.1. The molecule has 3 heterocycles. The van der Waals surface area contributed by atoms with Crippen LogP contribution in [0.3, 0.4) is 0 Å². The molecule has 0 radical (unpaired) electrons. The highest BCUT2D eigenvalue weighted by molar-refractivity contribution is 6.14. The molecule has 1 amide bonds. The topological polar surface area (TPSA) is 59.2 Å². The lowest BCUT2D eigenvalue weighted by atomic mass is 9.99. The van der Waals surface area contributed by atoms with Crippen molar-refractivity contribution in [3.8, 4) is 11.3 Å². The fourth-order valence-corrected chi connectivity index (χ4v) is 4.03. The summed E-state index contributed by atoms with van der Waals surface area (Å²) >= 11 is 0. The van der Waals surface area contributed by atoms with Gasteiger partial charge in [0.15, 0.2) is 0 Å². The van der Waals surface area contributed by atoms with Crippen LogP contribution in [0.2, 0.25) is 0 Å². The minimum atomic E-state index is -0.0378. The number of carbonyl (C=O) groups excluding carboxylic acids is 1. The lowest BCUT2D eigenvalue weighted by Gasteiger charge is -2.29. The van der Waals surface area contributed by atoms with Crippen molar-refractivity contribution in [1.82, 2.24) is 10.1 Å². The Morgan fingerprint density at radius 1 is 1.07 bits per heavy atom. The van der Waals surface area contributed by atoms with Crippen LogP contribution in [0.15, 0.2) is 59.1 Å². The molecule has 4 aromatic rings. The van der Waals surface area contributed by atoms with E-state index in [0.717, 1.165) is 24.1 Å². The van der Waals surface area contributed by atoms with Gasteiger partial charge in [0.2, 0.25) is 0 Å². The molecule has 0 saturated heterocycles. The molecule has 0 spiro atoms. The van der Waals surface area contributed by atoms with Crippen LogP contribution in [-0.4, -0.2) is 22.6 Å². The number of anilines is 1. The van der Waals surface area contributed by atoms with Crippen LogP contribution >= 0.6 is 0 Å². The molecule has 0 aliphatic carbocycles. The van der Waals surface area contributed by atoms with Gasteiger partial charge in [-0.05, 0) is 44.4 Å². The molecule has 2 aromatic heterocycles. The van der Waals surface area contributed by atoms with E-state index in [1.165, 1.54) is 11.1 Å². The Morgan fingerprint density at radius 3 is 2.69 bits per heavy atom. The largest absolute Gasteiger partial charge is 0.335 e. The average Bonchev–Trinajstić information content (AvgIpc) is 3.13. The molecular formula is C24H21N3O2. The van der Waals surface area contributed by atoms with Crippen molar-refractivity contribution in [3.05, 3.63) is 77.0 Å². The van der Waals surface area contributed by atoms with E-state index in [4.69, 9.17) is 4.52 Å². The Labute approximate surface area is 169 Å². The van der Waals surface area contributed by atoms with Gasteiger partial charge in [-0.25, -0.2) is 4.98 Å². The molecule has 5 nitrogen and oxygen atoms in total. The molecule has 0 fully saturated rings. The van der Waals surface area contributed by atoms with Crippen molar-refractivity contribution in [3.63, 3.8) is 0 Å². The van der Waals surface area contributed by atoms with Gasteiger partial charge in [0, 0.05) is 17.8 Å². The first-order chi connectivity index (χ1) is 14.1. The zero-order valence-corrected chi connectivity index (χ0v) is 16.5. The summed E-state index contributed by atoms with van der Waals surface area (Å²) in [4.78, 5) is 20.2. The third-order valence-electron chi connectivity index (χ3n) is 5.55. The monoisotopic (exact) mass is 383 g/mol.